The van der Waals surface area contributed by atoms with Crippen molar-refractivity contribution in [2.24, 2.45) is 0 Å². The SMILES string of the molecule is CN1CCN(c2nc3ccccc3n2C(=O)NCCCc2ccccc2)CC1CF. The van der Waals surface area contributed by atoms with Gasteiger partial charge in [-0.25, -0.2) is 18.7 Å². The topological polar surface area (TPSA) is 53.4 Å². The maximum Gasteiger partial charge on any atom is 0.328 e. The van der Waals surface area contributed by atoms with Crippen molar-refractivity contribution in [2.45, 2.75) is 18.9 Å². The van der Waals surface area contributed by atoms with Crippen LogP contribution in [0.5, 0.6) is 0 Å². The first-order valence-corrected chi connectivity index (χ1v) is 10.5. The van der Waals surface area contributed by atoms with Gasteiger partial charge in [-0.05, 0) is 37.6 Å². The van der Waals surface area contributed by atoms with Crippen LogP contribution in [0.25, 0.3) is 11.0 Å². The Morgan fingerprint density at radius 2 is 1.90 bits per heavy atom. The number of piperazine rings is 1. The number of likely N-dealkylation sites (N-methyl/N-ethyl adjacent to an activating group) is 1. The van der Waals surface area contributed by atoms with Gasteiger partial charge in [0.1, 0.15) is 6.67 Å². The number of nitrogens with zero attached hydrogens (tertiary/aromatic N) is 4. The lowest BCUT2D eigenvalue weighted by Gasteiger charge is -2.38. The third-order valence-corrected chi connectivity index (χ3v) is 5.75. The summed E-state index contributed by atoms with van der Waals surface area (Å²) in [5, 5.41) is 3.03. The summed E-state index contributed by atoms with van der Waals surface area (Å²) < 4.78 is 15.1. The molecule has 1 aliphatic rings. The van der Waals surface area contributed by atoms with Crippen LogP contribution in [0.4, 0.5) is 15.1 Å². The molecule has 30 heavy (non-hydrogen) atoms. The van der Waals surface area contributed by atoms with Crippen molar-refractivity contribution in [1.29, 1.82) is 0 Å². The van der Waals surface area contributed by atoms with Crippen molar-refractivity contribution in [3.63, 3.8) is 0 Å². The van der Waals surface area contributed by atoms with Crippen molar-refractivity contribution < 1.29 is 9.18 Å². The molecule has 0 bridgehead atoms. The summed E-state index contributed by atoms with van der Waals surface area (Å²) in [6, 6.07) is 17.5. The Hall–Kier alpha value is -2.93. The third kappa shape index (κ3) is 4.31. The Labute approximate surface area is 176 Å². The molecular weight excluding hydrogens is 381 g/mol. The van der Waals surface area contributed by atoms with Crippen molar-refractivity contribution in [2.75, 3.05) is 44.8 Å². The first-order valence-electron chi connectivity index (χ1n) is 10.5. The maximum absolute atomic E-state index is 13.5. The van der Waals surface area contributed by atoms with Gasteiger partial charge >= 0.3 is 6.03 Å². The van der Waals surface area contributed by atoms with Gasteiger partial charge in [0.05, 0.1) is 17.1 Å². The fourth-order valence-electron chi connectivity index (χ4n) is 3.93. The van der Waals surface area contributed by atoms with E-state index >= 15 is 0 Å². The molecule has 6 nitrogen and oxygen atoms in total. The molecule has 0 radical (unpaired) electrons. The molecule has 7 heteroatoms. The van der Waals surface area contributed by atoms with Crippen LogP contribution in [-0.2, 0) is 6.42 Å². The number of alkyl halides is 1. The molecule has 0 aliphatic carbocycles. The lowest BCUT2D eigenvalue weighted by Crippen LogP contribution is -2.53. The van der Waals surface area contributed by atoms with Gasteiger partial charge < -0.3 is 10.2 Å². The summed E-state index contributed by atoms with van der Waals surface area (Å²) >= 11 is 0. The smallest absolute Gasteiger partial charge is 0.328 e. The van der Waals surface area contributed by atoms with Crippen molar-refractivity contribution in [1.82, 2.24) is 19.8 Å². The highest BCUT2D eigenvalue weighted by Crippen LogP contribution is 2.24. The third-order valence-electron chi connectivity index (χ3n) is 5.75. The summed E-state index contributed by atoms with van der Waals surface area (Å²) in [6.45, 7) is 2.11. The number of amides is 1. The average molecular weight is 410 g/mol. The lowest BCUT2D eigenvalue weighted by atomic mass is 10.1. The molecule has 0 saturated carbocycles. The average Bonchev–Trinajstić information content (AvgIpc) is 3.17. The van der Waals surface area contributed by atoms with Gasteiger partial charge in [0, 0.05) is 26.2 Å². The van der Waals surface area contributed by atoms with Gasteiger partial charge in [0.15, 0.2) is 0 Å². The Morgan fingerprint density at radius 1 is 1.13 bits per heavy atom. The van der Waals surface area contributed by atoms with Gasteiger partial charge in [-0.15, -0.1) is 0 Å². The molecule has 3 aromatic rings. The number of hydrogen-bond donors (Lipinski definition) is 1. The molecule has 1 saturated heterocycles. The number of carbonyl (C=O) groups excluding carboxylic acids is 1. The minimum Gasteiger partial charge on any atom is -0.339 e. The van der Waals surface area contributed by atoms with E-state index in [0.717, 1.165) is 30.4 Å². The fourth-order valence-corrected chi connectivity index (χ4v) is 3.93. The normalized spacial score (nSPS) is 17.4. The van der Waals surface area contributed by atoms with E-state index in [9.17, 15) is 9.18 Å². The number of imidazole rings is 1. The number of hydrogen-bond acceptors (Lipinski definition) is 4. The van der Waals surface area contributed by atoms with Gasteiger partial charge in [0.25, 0.3) is 0 Å². The summed E-state index contributed by atoms with van der Waals surface area (Å²) in [6.07, 6.45) is 1.77. The highest BCUT2D eigenvalue weighted by Gasteiger charge is 2.29. The van der Waals surface area contributed by atoms with Crippen molar-refractivity contribution in [3.8, 4) is 0 Å². The van der Waals surface area contributed by atoms with Gasteiger partial charge in [-0.2, -0.15) is 0 Å². The molecular formula is C23H28FN5O. The highest BCUT2D eigenvalue weighted by molar-refractivity contribution is 5.93. The molecule has 1 amide bonds. The van der Waals surface area contributed by atoms with Crippen LogP contribution in [-0.4, -0.2) is 66.4 Å². The summed E-state index contributed by atoms with van der Waals surface area (Å²) in [7, 11) is 1.93. The molecule has 1 atom stereocenters. The Morgan fingerprint density at radius 3 is 2.70 bits per heavy atom. The predicted molar refractivity (Wildman–Crippen MR) is 118 cm³/mol. The molecule has 4 rings (SSSR count). The van der Waals surface area contributed by atoms with Gasteiger partial charge in [0.2, 0.25) is 5.95 Å². The molecule has 1 unspecified atom stereocenters. The molecule has 2 heterocycles. The van der Waals surface area contributed by atoms with Gasteiger partial charge in [-0.1, -0.05) is 42.5 Å². The van der Waals surface area contributed by atoms with E-state index in [2.05, 4.69) is 17.4 Å². The zero-order valence-electron chi connectivity index (χ0n) is 17.3. The zero-order chi connectivity index (χ0) is 20.9. The number of fused-ring (bicyclic) bond motifs is 1. The first-order chi connectivity index (χ1) is 14.7. The summed E-state index contributed by atoms with van der Waals surface area (Å²) in [5.41, 5.74) is 2.79. The van der Waals surface area contributed by atoms with E-state index in [4.69, 9.17) is 4.98 Å². The Bertz CT molecular complexity index is 990. The largest absolute Gasteiger partial charge is 0.339 e. The number of benzene rings is 2. The molecule has 1 fully saturated rings. The Balaban J connectivity index is 1.50. The molecule has 2 aromatic carbocycles. The quantitative estimate of drug-likeness (QED) is 0.635. The number of aryl methyl sites for hydroxylation is 1. The van der Waals surface area contributed by atoms with E-state index in [-0.39, 0.29) is 12.1 Å². The predicted octanol–water partition coefficient (Wildman–Crippen LogP) is 3.32. The molecule has 158 valence electrons. The fraction of sp³-hybridized carbons (Fsp3) is 0.391. The van der Waals surface area contributed by atoms with Gasteiger partial charge in [-0.3, -0.25) is 4.90 Å². The molecule has 1 aliphatic heterocycles. The maximum atomic E-state index is 13.5. The van der Waals surface area contributed by atoms with Crippen LogP contribution in [0.3, 0.4) is 0 Å². The minimum atomic E-state index is -0.418. The Kier molecular flexibility index (Phi) is 6.28. The number of halogens is 1. The monoisotopic (exact) mass is 409 g/mol. The van der Waals surface area contributed by atoms with Crippen LogP contribution in [0.1, 0.15) is 12.0 Å². The van der Waals surface area contributed by atoms with Crippen LogP contribution >= 0.6 is 0 Å². The summed E-state index contributed by atoms with van der Waals surface area (Å²) in [5.74, 6) is 0.586. The van der Waals surface area contributed by atoms with E-state index in [0.29, 0.717) is 25.6 Å². The van der Waals surface area contributed by atoms with E-state index in [1.54, 1.807) is 4.57 Å². The van der Waals surface area contributed by atoms with E-state index in [1.807, 2.05) is 59.3 Å². The second kappa shape index (κ2) is 9.26. The first kappa shape index (κ1) is 20.3. The lowest BCUT2D eigenvalue weighted by molar-refractivity contribution is 0.182. The highest BCUT2D eigenvalue weighted by atomic mass is 19.1. The van der Waals surface area contributed by atoms with Crippen molar-refractivity contribution >= 4 is 23.0 Å². The van der Waals surface area contributed by atoms with E-state index < -0.39 is 6.67 Å². The van der Waals surface area contributed by atoms with Crippen LogP contribution < -0.4 is 10.2 Å². The van der Waals surface area contributed by atoms with Crippen LogP contribution in [0.2, 0.25) is 0 Å². The molecule has 0 spiro atoms. The molecule has 1 aromatic heterocycles. The number of carbonyl (C=O) groups is 1. The number of nitrogens with one attached hydrogen (secondary N) is 1. The zero-order valence-corrected chi connectivity index (χ0v) is 17.3. The molecule has 1 N–H and O–H groups in total. The summed E-state index contributed by atoms with van der Waals surface area (Å²) in [4.78, 5) is 21.9. The number of anilines is 1. The van der Waals surface area contributed by atoms with Crippen molar-refractivity contribution in [3.05, 3.63) is 60.2 Å². The minimum absolute atomic E-state index is 0.192. The number of rotatable bonds is 6. The van der Waals surface area contributed by atoms with Crippen LogP contribution in [0.15, 0.2) is 54.6 Å². The van der Waals surface area contributed by atoms with E-state index in [1.165, 1.54) is 5.56 Å². The second-order valence-corrected chi connectivity index (χ2v) is 7.79. The van der Waals surface area contributed by atoms with Crippen LogP contribution in [0, 0.1) is 0 Å². The number of aromatic nitrogens is 2. The number of para-hydroxylation sites is 2. The standard InChI is InChI=1S/C23H28FN5O/c1-27-14-15-28(17-19(27)16-24)22-26-20-11-5-6-12-21(20)29(22)23(30)25-13-7-10-18-8-3-2-4-9-18/h2-6,8-9,11-12,19H,7,10,13-17H2,1H3,(H,25,30). The second-order valence-electron chi connectivity index (χ2n) is 7.79.